The van der Waals surface area contributed by atoms with E-state index in [9.17, 15) is 9.18 Å². The maximum atomic E-state index is 13.6. The minimum absolute atomic E-state index is 0.00222. The third-order valence-corrected chi connectivity index (χ3v) is 4.58. The second-order valence-corrected chi connectivity index (χ2v) is 6.60. The molecule has 1 aromatic rings. The molecule has 0 aromatic heterocycles. The quantitative estimate of drug-likeness (QED) is 0.793. The predicted molar refractivity (Wildman–Crippen MR) is 92.6 cm³/mol. The minimum Gasteiger partial charge on any atom is -0.379 e. The number of nitrogens with zero attached hydrogens (tertiary/aromatic N) is 1. The average Bonchev–Trinajstić information content (AvgIpc) is 2.55. The van der Waals surface area contributed by atoms with Crippen LogP contribution in [0, 0.1) is 5.82 Å². The van der Waals surface area contributed by atoms with Crippen molar-refractivity contribution < 1.29 is 13.9 Å². The highest BCUT2D eigenvalue weighted by Crippen LogP contribution is 2.16. The van der Waals surface area contributed by atoms with Gasteiger partial charge in [-0.1, -0.05) is 15.9 Å². The summed E-state index contributed by atoms with van der Waals surface area (Å²) in [4.78, 5) is 14.3. The van der Waals surface area contributed by atoms with E-state index in [2.05, 4.69) is 33.1 Å². The van der Waals surface area contributed by atoms with Crippen molar-refractivity contribution >= 4 is 27.9 Å². The largest absolute Gasteiger partial charge is 0.379 e. The lowest BCUT2D eigenvalue weighted by molar-refractivity contribution is -0.117. The van der Waals surface area contributed by atoms with Crippen molar-refractivity contribution in [3.63, 3.8) is 0 Å². The van der Waals surface area contributed by atoms with E-state index >= 15 is 0 Å². The number of benzene rings is 1. The van der Waals surface area contributed by atoms with E-state index in [0.717, 1.165) is 30.8 Å². The Kier molecular flexibility index (Phi) is 6.74. The Balaban J connectivity index is 1.90. The highest BCUT2D eigenvalue weighted by molar-refractivity contribution is 9.10. The molecule has 1 aromatic carbocycles. The van der Waals surface area contributed by atoms with E-state index in [0.29, 0.717) is 5.56 Å². The minimum atomic E-state index is -0.355. The molecule has 2 atom stereocenters. The molecule has 0 saturated carbocycles. The van der Waals surface area contributed by atoms with Gasteiger partial charge in [0.1, 0.15) is 5.82 Å². The first-order valence-corrected chi connectivity index (χ1v) is 8.52. The summed E-state index contributed by atoms with van der Waals surface area (Å²) in [6.45, 7) is 7.28. The first-order chi connectivity index (χ1) is 11.0. The smallest absolute Gasteiger partial charge is 0.244 e. The molecule has 0 spiro atoms. The van der Waals surface area contributed by atoms with E-state index in [1.165, 1.54) is 18.2 Å². The van der Waals surface area contributed by atoms with Crippen molar-refractivity contribution in [1.82, 2.24) is 10.2 Å². The van der Waals surface area contributed by atoms with Gasteiger partial charge in [-0.2, -0.15) is 0 Å². The van der Waals surface area contributed by atoms with Gasteiger partial charge in [0, 0.05) is 41.3 Å². The van der Waals surface area contributed by atoms with Crippen molar-refractivity contribution in [3.05, 3.63) is 40.1 Å². The van der Waals surface area contributed by atoms with Crippen molar-refractivity contribution in [2.75, 3.05) is 26.3 Å². The highest BCUT2D eigenvalue weighted by Gasteiger charge is 2.22. The van der Waals surface area contributed by atoms with Gasteiger partial charge in [-0.3, -0.25) is 9.69 Å². The van der Waals surface area contributed by atoms with Crippen LogP contribution >= 0.6 is 15.9 Å². The number of morpholine rings is 1. The molecule has 0 aliphatic carbocycles. The summed E-state index contributed by atoms with van der Waals surface area (Å²) in [7, 11) is 0. The molecular weight excluding hydrogens is 363 g/mol. The third kappa shape index (κ3) is 5.41. The number of hydrogen-bond donors (Lipinski definition) is 1. The molecule has 1 amide bonds. The Morgan fingerprint density at radius 3 is 2.78 bits per heavy atom. The van der Waals surface area contributed by atoms with E-state index in [4.69, 9.17) is 4.74 Å². The van der Waals surface area contributed by atoms with Gasteiger partial charge in [0.05, 0.1) is 13.2 Å². The van der Waals surface area contributed by atoms with Crippen LogP contribution in [0.15, 0.2) is 28.7 Å². The summed E-state index contributed by atoms with van der Waals surface area (Å²) in [6, 6.07) is 4.85. The van der Waals surface area contributed by atoms with E-state index in [1.807, 2.05) is 6.92 Å². The topological polar surface area (TPSA) is 41.6 Å². The van der Waals surface area contributed by atoms with Crippen LogP contribution in [0.5, 0.6) is 0 Å². The number of nitrogens with one attached hydrogen (secondary N) is 1. The molecule has 4 nitrogen and oxygen atoms in total. The van der Waals surface area contributed by atoms with Gasteiger partial charge in [-0.25, -0.2) is 4.39 Å². The summed E-state index contributed by atoms with van der Waals surface area (Å²) in [5.74, 6) is -0.580. The standard InChI is InChI=1S/C17H22BrFN2O2/c1-12(13(2)21-7-9-23-10-8-21)20-17(22)6-3-14-11-15(18)4-5-16(14)19/h3-6,11-13H,7-10H2,1-2H3,(H,20,22). The lowest BCUT2D eigenvalue weighted by atomic mass is 10.1. The SMILES string of the molecule is CC(NC(=O)C=Cc1cc(Br)ccc1F)C(C)N1CCOCC1. The molecule has 2 rings (SSSR count). The number of amides is 1. The van der Waals surface area contributed by atoms with Gasteiger partial charge >= 0.3 is 0 Å². The van der Waals surface area contributed by atoms with Crippen LogP contribution in [0.25, 0.3) is 6.08 Å². The first kappa shape index (κ1) is 18.1. The lowest BCUT2D eigenvalue weighted by Crippen LogP contribution is -2.51. The monoisotopic (exact) mass is 384 g/mol. The fraction of sp³-hybridized carbons (Fsp3) is 0.471. The van der Waals surface area contributed by atoms with Crippen molar-refractivity contribution in [3.8, 4) is 0 Å². The Morgan fingerprint density at radius 1 is 1.39 bits per heavy atom. The summed E-state index contributed by atoms with van der Waals surface area (Å²) in [5, 5.41) is 2.94. The third-order valence-electron chi connectivity index (χ3n) is 4.09. The molecule has 6 heteroatoms. The molecular formula is C17H22BrFN2O2. The molecule has 0 radical (unpaired) electrons. The number of carbonyl (C=O) groups excluding carboxylic acids is 1. The molecule has 1 aliphatic rings. The normalized spacial score (nSPS) is 18.8. The molecule has 1 fully saturated rings. The maximum absolute atomic E-state index is 13.6. The van der Waals surface area contributed by atoms with Crippen LogP contribution in [0.1, 0.15) is 19.4 Å². The Labute approximate surface area is 144 Å². The maximum Gasteiger partial charge on any atom is 0.244 e. The van der Waals surface area contributed by atoms with E-state index in [1.54, 1.807) is 12.1 Å². The van der Waals surface area contributed by atoms with Crippen LogP contribution in [-0.2, 0) is 9.53 Å². The fourth-order valence-corrected chi connectivity index (χ4v) is 2.88. The van der Waals surface area contributed by atoms with E-state index in [-0.39, 0.29) is 23.8 Å². The predicted octanol–water partition coefficient (Wildman–Crippen LogP) is 2.83. The molecule has 0 bridgehead atoms. The summed E-state index contributed by atoms with van der Waals surface area (Å²) >= 11 is 3.29. The van der Waals surface area contributed by atoms with Gasteiger partial charge in [0.25, 0.3) is 0 Å². The van der Waals surface area contributed by atoms with Crippen molar-refractivity contribution in [2.24, 2.45) is 0 Å². The Bertz CT molecular complexity index is 574. The van der Waals surface area contributed by atoms with Gasteiger partial charge in [-0.15, -0.1) is 0 Å². The van der Waals surface area contributed by atoms with E-state index < -0.39 is 0 Å². The van der Waals surface area contributed by atoms with Crippen molar-refractivity contribution in [1.29, 1.82) is 0 Å². The van der Waals surface area contributed by atoms with Gasteiger partial charge in [0.2, 0.25) is 5.91 Å². The van der Waals surface area contributed by atoms with Crippen LogP contribution < -0.4 is 5.32 Å². The molecule has 2 unspecified atom stereocenters. The number of carbonyl (C=O) groups is 1. The van der Waals surface area contributed by atoms with Gasteiger partial charge in [-0.05, 0) is 38.1 Å². The van der Waals surface area contributed by atoms with Crippen LogP contribution in [-0.4, -0.2) is 49.2 Å². The summed E-state index contributed by atoms with van der Waals surface area (Å²) in [5.41, 5.74) is 0.378. The summed E-state index contributed by atoms with van der Waals surface area (Å²) < 4.78 is 19.7. The molecule has 1 aliphatic heterocycles. The number of halogens is 2. The molecule has 1 heterocycles. The van der Waals surface area contributed by atoms with Crippen LogP contribution in [0.4, 0.5) is 4.39 Å². The molecule has 23 heavy (non-hydrogen) atoms. The number of ether oxygens (including phenoxy) is 1. The van der Waals surface area contributed by atoms with Crippen LogP contribution in [0.3, 0.4) is 0 Å². The Hall–Kier alpha value is -1.24. The second kappa shape index (κ2) is 8.57. The number of rotatable bonds is 5. The van der Waals surface area contributed by atoms with Gasteiger partial charge in [0.15, 0.2) is 0 Å². The number of hydrogen-bond acceptors (Lipinski definition) is 3. The zero-order chi connectivity index (χ0) is 16.8. The summed E-state index contributed by atoms with van der Waals surface area (Å²) in [6.07, 6.45) is 2.86. The zero-order valence-electron chi connectivity index (χ0n) is 13.4. The average molecular weight is 385 g/mol. The molecule has 1 N–H and O–H groups in total. The highest BCUT2D eigenvalue weighted by atomic mass is 79.9. The second-order valence-electron chi connectivity index (χ2n) is 5.69. The fourth-order valence-electron chi connectivity index (χ4n) is 2.50. The molecule has 1 saturated heterocycles. The lowest BCUT2D eigenvalue weighted by Gasteiger charge is -2.35. The first-order valence-electron chi connectivity index (χ1n) is 7.73. The van der Waals surface area contributed by atoms with Crippen molar-refractivity contribution in [2.45, 2.75) is 25.9 Å². The van der Waals surface area contributed by atoms with Gasteiger partial charge < -0.3 is 10.1 Å². The Morgan fingerprint density at radius 2 is 2.09 bits per heavy atom. The van der Waals surface area contributed by atoms with Crippen LogP contribution in [0.2, 0.25) is 0 Å². The zero-order valence-corrected chi connectivity index (χ0v) is 15.0. The molecule has 126 valence electrons.